The van der Waals surface area contributed by atoms with E-state index < -0.39 is 0 Å². The van der Waals surface area contributed by atoms with E-state index in [9.17, 15) is 4.79 Å². The van der Waals surface area contributed by atoms with E-state index >= 15 is 0 Å². The summed E-state index contributed by atoms with van der Waals surface area (Å²) in [5, 5.41) is 3.32. The monoisotopic (exact) mass is 228 g/mol. The van der Waals surface area contributed by atoms with Gasteiger partial charge in [0, 0.05) is 25.7 Å². The fourth-order valence-corrected chi connectivity index (χ4v) is 2.15. The van der Waals surface area contributed by atoms with Crippen molar-refractivity contribution >= 4 is 5.91 Å². The number of hydrogen-bond donors (Lipinski definition) is 1. The number of rotatable bonds is 3. The maximum atomic E-state index is 12.1. The Kier molecular flexibility index (Phi) is 4.15. The zero-order chi connectivity index (χ0) is 11.4. The van der Waals surface area contributed by atoms with Crippen LogP contribution in [0.2, 0.25) is 0 Å². The molecule has 2 saturated heterocycles. The minimum absolute atomic E-state index is 0.121. The summed E-state index contributed by atoms with van der Waals surface area (Å²) in [5.41, 5.74) is 0. The Balaban J connectivity index is 1.78. The first kappa shape index (κ1) is 11.8. The summed E-state index contributed by atoms with van der Waals surface area (Å²) in [7, 11) is 0. The number of ether oxygens (including phenoxy) is 2. The van der Waals surface area contributed by atoms with Crippen molar-refractivity contribution in [3.8, 4) is 0 Å². The summed E-state index contributed by atoms with van der Waals surface area (Å²) in [6, 6.07) is 0.213. The molecule has 0 bridgehead atoms. The van der Waals surface area contributed by atoms with Crippen molar-refractivity contribution < 1.29 is 14.3 Å². The Morgan fingerprint density at radius 2 is 2.06 bits per heavy atom. The topological polar surface area (TPSA) is 50.8 Å². The van der Waals surface area contributed by atoms with Crippen LogP contribution in [-0.4, -0.2) is 62.4 Å². The summed E-state index contributed by atoms with van der Waals surface area (Å²) in [6.45, 7) is 6.20. The van der Waals surface area contributed by atoms with Crippen LogP contribution >= 0.6 is 0 Å². The van der Waals surface area contributed by atoms with E-state index in [0.29, 0.717) is 32.3 Å². The number of hydrogen-bond acceptors (Lipinski definition) is 4. The Hall–Kier alpha value is -0.650. The summed E-state index contributed by atoms with van der Waals surface area (Å²) in [4.78, 5) is 13.9. The van der Waals surface area contributed by atoms with Crippen LogP contribution in [0.5, 0.6) is 0 Å². The van der Waals surface area contributed by atoms with E-state index in [-0.39, 0.29) is 11.9 Å². The molecule has 2 aliphatic rings. The zero-order valence-electron chi connectivity index (χ0n) is 9.78. The van der Waals surface area contributed by atoms with Gasteiger partial charge in [0.15, 0.2) is 0 Å². The van der Waals surface area contributed by atoms with Gasteiger partial charge in [0.2, 0.25) is 5.91 Å². The molecule has 1 amide bonds. The third kappa shape index (κ3) is 2.93. The fraction of sp³-hybridized carbons (Fsp3) is 0.909. The lowest BCUT2D eigenvalue weighted by atomic mass is 10.2. The number of carbonyl (C=O) groups excluding carboxylic acids is 1. The first-order valence-corrected chi connectivity index (χ1v) is 5.97. The van der Waals surface area contributed by atoms with Crippen LogP contribution < -0.4 is 5.32 Å². The molecule has 2 rings (SSSR count). The van der Waals surface area contributed by atoms with Gasteiger partial charge < -0.3 is 19.7 Å². The van der Waals surface area contributed by atoms with Gasteiger partial charge in [-0.05, 0) is 13.3 Å². The Labute approximate surface area is 96.1 Å². The average Bonchev–Trinajstić information content (AvgIpc) is 2.82. The van der Waals surface area contributed by atoms with Crippen LogP contribution in [0.4, 0.5) is 0 Å². The predicted octanol–water partition coefficient (Wildman–Crippen LogP) is -0.388. The number of nitrogens with zero attached hydrogens (tertiary/aromatic N) is 1. The molecule has 92 valence electrons. The average molecular weight is 228 g/mol. The van der Waals surface area contributed by atoms with Gasteiger partial charge in [-0.2, -0.15) is 0 Å². The van der Waals surface area contributed by atoms with Crippen LogP contribution in [0.3, 0.4) is 0 Å². The first-order valence-electron chi connectivity index (χ1n) is 5.97. The van der Waals surface area contributed by atoms with Gasteiger partial charge in [-0.15, -0.1) is 0 Å². The molecule has 0 spiro atoms. The second kappa shape index (κ2) is 5.61. The molecule has 0 radical (unpaired) electrons. The number of nitrogens with one attached hydrogen (secondary N) is 1. The van der Waals surface area contributed by atoms with Gasteiger partial charge in [-0.1, -0.05) is 0 Å². The van der Waals surface area contributed by atoms with Crippen molar-refractivity contribution in [2.45, 2.75) is 25.4 Å². The van der Waals surface area contributed by atoms with E-state index in [0.717, 1.165) is 19.6 Å². The zero-order valence-corrected chi connectivity index (χ0v) is 9.78. The van der Waals surface area contributed by atoms with E-state index in [1.54, 1.807) is 0 Å². The SMILES string of the molecule is CC(NC1CCOC1)C(=O)N1CCOCC1. The maximum Gasteiger partial charge on any atom is 0.239 e. The van der Waals surface area contributed by atoms with Gasteiger partial charge in [0.25, 0.3) is 0 Å². The quantitative estimate of drug-likeness (QED) is 0.715. The van der Waals surface area contributed by atoms with Crippen LogP contribution in [0.25, 0.3) is 0 Å². The minimum atomic E-state index is -0.121. The number of morpholine rings is 1. The van der Waals surface area contributed by atoms with Crippen molar-refractivity contribution in [2.24, 2.45) is 0 Å². The van der Waals surface area contributed by atoms with Crippen LogP contribution in [-0.2, 0) is 14.3 Å². The largest absolute Gasteiger partial charge is 0.380 e. The molecule has 2 heterocycles. The van der Waals surface area contributed by atoms with E-state index in [1.165, 1.54) is 0 Å². The van der Waals surface area contributed by atoms with Crippen molar-refractivity contribution in [1.29, 1.82) is 0 Å². The van der Waals surface area contributed by atoms with Gasteiger partial charge in [-0.25, -0.2) is 0 Å². The van der Waals surface area contributed by atoms with E-state index in [4.69, 9.17) is 9.47 Å². The van der Waals surface area contributed by atoms with E-state index in [1.807, 2.05) is 11.8 Å². The fourth-order valence-electron chi connectivity index (χ4n) is 2.15. The van der Waals surface area contributed by atoms with Gasteiger partial charge in [0.1, 0.15) is 0 Å². The predicted molar refractivity (Wildman–Crippen MR) is 59.2 cm³/mol. The second-order valence-electron chi connectivity index (χ2n) is 4.39. The first-order chi connectivity index (χ1) is 7.77. The Bertz CT molecular complexity index is 235. The molecule has 0 aromatic carbocycles. The Morgan fingerprint density at radius 3 is 2.69 bits per heavy atom. The standard InChI is InChI=1S/C11H20N2O3/c1-9(12-10-2-5-16-8-10)11(14)13-3-6-15-7-4-13/h9-10,12H,2-8H2,1H3. The lowest BCUT2D eigenvalue weighted by Crippen LogP contribution is -2.51. The molecule has 2 unspecified atom stereocenters. The summed E-state index contributed by atoms with van der Waals surface area (Å²) in [6.07, 6.45) is 1.00. The molecule has 0 aromatic heterocycles. The molecular weight excluding hydrogens is 208 g/mol. The molecule has 16 heavy (non-hydrogen) atoms. The van der Waals surface area contributed by atoms with Gasteiger partial charge in [-0.3, -0.25) is 4.79 Å². The molecule has 0 aliphatic carbocycles. The smallest absolute Gasteiger partial charge is 0.239 e. The highest BCUT2D eigenvalue weighted by atomic mass is 16.5. The van der Waals surface area contributed by atoms with Gasteiger partial charge in [0.05, 0.1) is 25.9 Å². The van der Waals surface area contributed by atoms with Crippen LogP contribution in [0.1, 0.15) is 13.3 Å². The summed E-state index contributed by atoms with van der Waals surface area (Å²) < 4.78 is 10.5. The lowest BCUT2D eigenvalue weighted by Gasteiger charge is -2.30. The van der Waals surface area contributed by atoms with Crippen molar-refractivity contribution in [2.75, 3.05) is 39.5 Å². The van der Waals surface area contributed by atoms with Crippen molar-refractivity contribution in [3.63, 3.8) is 0 Å². The second-order valence-corrected chi connectivity index (χ2v) is 4.39. The highest BCUT2D eigenvalue weighted by Crippen LogP contribution is 2.06. The maximum absolute atomic E-state index is 12.1. The molecule has 0 aromatic rings. The summed E-state index contributed by atoms with van der Waals surface area (Å²) >= 11 is 0. The van der Waals surface area contributed by atoms with Crippen LogP contribution in [0.15, 0.2) is 0 Å². The third-order valence-corrected chi connectivity index (χ3v) is 3.11. The lowest BCUT2D eigenvalue weighted by molar-refractivity contribution is -0.137. The molecule has 2 atom stereocenters. The molecular formula is C11H20N2O3. The molecule has 5 heteroatoms. The normalized spacial score (nSPS) is 28.1. The molecule has 2 aliphatic heterocycles. The number of carbonyl (C=O) groups is 1. The van der Waals surface area contributed by atoms with E-state index in [2.05, 4.69) is 5.32 Å². The molecule has 2 fully saturated rings. The van der Waals surface area contributed by atoms with Crippen molar-refractivity contribution in [1.82, 2.24) is 10.2 Å². The Morgan fingerprint density at radius 1 is 1.31 bits per heavy atom. The highest BCUT2D eigenvalue weighted by molar-refractivity contribution is 5.81. The summed E-state index contributed by atoms with van der Waals surface area (Å²) in [5.74, 6) is 0.176. The third-order valence-electron chi connectivity index (χ3n) is 3.11. The van der Waals surface area contributed by atoms with Crippen LogP contribution in [0, 0.1) is 0 Å². The highest BCUT2D eigenvalue weighted by Gasteiger charge is 2.25. The van der Waals surface area contributed by atoms with Crippen molar-refractivity contribution in [3.05, 3.63) is 0 Å². The molecule has 1 N–H and O–H groups in total. The minimum Gasteiger partial charge on any atom is -0.380 e. The number of amides is 1. The molecule has 5 nitrogen and oxygen atoms in total. The van der Waals surface area contributed by atoms with Gasteiger partial charge >= 0.3 is 0 Å². The molecule has 0 saturated carbocycles.